The van der Waals surface area contributed by atoms with Crippen molar-refractivity contribution in [3.63, 3.8) is 0 Å². The summed E-state index contributed by atoms with van der Waals surface area (Å²) in [6, 6.07) is 14.7. The molecule has 122 valence electrons. The summed E-state index contributed by atoms with van der Waals surface area (Å²) in [5.41, 5.74) is 2.47. The summed E-state index contributed by atoms with van der Waals surface area (Å²) in [5, 5.41) is 1.40. The van der Waals surface area contributed by atoms with Gasteiger partial charge in [-0.15, -0.1) is 0 Å². The van der Waals surface area contributed by atoms with Gasteiger partial charge >= 0.3 is 5.97 Å². The van der Waals surface area contributed by atoms with E-state index in [0.717, 1.165) is 10.9 Å². The number of esters is 1. The van der Waals surface area contributed by atoms with Crippen LogP contribution in [0.15, 0.2) is 60.9 Å². The molecule has 4 rings (SSSR count). The predicted octanol–water partition coefficient (Wildman–Crippen LogP) is 3.73. The molecule has 0 aliphatic heterocycles. The molecule has 0 radical (unpaired) electrons. The van der Waals surface area contributed by atoms with Gasteiger partial charge in [-0.1, -0.05) is 36.4 Å². The number of aromatic nitrogens is 2. The van der Waals surface area contributed by atoms with E-state index >= 15 is 0 Å². The smallest absolute Gasteiger partial charge is 0.339 e. The summed E-state index contributed by atoms with van der Waals surface area (Å²) >= 11 is 0. The molecule has 0 saturated heterocycles. The first kappa shape index (κ1) is 15.1. The molecule has 0 saturated carbocycles. The van der Waals surface area contributed by atoms with Crippen LogP contribution in [0.2, 0.25) is 0 Å². The minimum atomic E-state index is -0.554. The molecule has 0 atom stereocenters. The number of aromatic amines is 1. The number of benzene rings is 2. The Bertz CT molecular complexity index is 1130. The number of rotatable bonds is 3. The molecule has 5 nitrogen and oxygen atoms in total. The average Bonchev–Trinajstić information content (AvgIpc) is 3.10. The van der Waals surface area contributed by atoms with E-state index in [1.54, 1.807) is 24.4 Å². The molecule has 0 amide bonds. The van der Waals surface area contributed by atoms with Gasteiger partial charge in [0.1, 0.15) is 0 Å². The number of nitrogens with zero attached hydrogens (tertiary/aromatic N) is 1. The molecule has 0 bridgehead atoms. The maximum atomic E-state index is 13.1. The maximum absolute atomic E-state index is 13.1. The number of fused-ring (bicyclic) bond motifs is 2. The summed E-state index contributed by atoms with van der Waals surface area (Å²) < 4.78 is 4.91. The molecular formula is C20H14N2O3. The Morgan fingerprint density at radius 2 is 1.68 bits per heavy atom. The Morgan fingerprint density at radius 3 is 2.48 bits per heavy atom. The molecule has 2 aromatic heterocycles. The molecule has 4 aromatic rings. The minimum absolute atomic E-state index is 0.232. The van der Waals surface area contributed by atoms with Crippen molar-refractivity contribution in [3.05, 3.63) is 77.6 Å². The molecule has 0 unspecified atom stereocenters. The highest BCUT2D eigenvalue weighted by Crippen LogP contribution is 2.26. The molecule has 1 N–H and O–H groups in total. The van der Waals surface area contributed by atoms with Gasteiger partial charge in [0.15, 0.2) is 5.78 Å². The predicted molar refractivity (Wildman–Crippen MR) is 94.8 cm³/mol. The lowest BCUT2D eigenvalue weighted by Gasteiger charge is -2.10. The fourth-order valence-corrected chi connectivity index (χ4v) is 3.04. The first-order valence-corrected chi connectivity index (χ1v) is 7.77. The number of pyridine rings is 1. The third kappa shape index (κ3) is 2.37. The van der Waals surface area contributed by atoms with Crippen LogP contribution < -0.4 is 0 Å². The molecule has 2 heterocycles. The van der Waals surface area contributed by atoms with Crippen LogP contribution >= 0.6 is 0 Å². The fraction of sp³-hybridized carbons (Fsp3) is 0.0500. The third-order valence-corrected chi connectivity index (χ3v) is 4.24. The largest absolute Gasteiger partial charge is 0.465 e. The molecule has 0 aliphatic carbocycles. The molecule has 0 spiro atoms. The second kappa shape index (κ2) is 5.87. The lowest BCUT2D eigenvalue weighted by Crippen LogP contribution is -2.12. The number of ether oxygens (including phenoxy) is 1. The normalized spacial score (nSPS) is 10.9. The van der Waals surface area contributed by atoms with E-state index in [9.17, 15) is 9.59 Å². The Hall–Kier alpha value is -3.47. The quantitative estimate of drug-likeness (QED) is 0.459. The first-order chi connectivity index (χ1) is 12.2. The van der Waals surface area contributed by atoms with Gasteiger partial charge in [0.2, 0.25) is 0 Å². The van der Waals surface area contributed by atoms with Crippen molar-refractivity contribution < 1.29 is 14.3 Å². The topological polar surface area (TPSA) is 72.1 Å². The van der Waals surface area contributed by atoms with Crippen LogP contribution in [0.1, 0.15) is 26.3 Å². The lowest BCUT2D eigenvalue weighted by atomic mass is 9.96. The lowest BCUT2D eigenvalue weighted by molar-refractivity contribution is 0.0599. The molecular weight excluding hydrogens is 316 g/mol. The molecule has 5 heteroatoms. The monoisotopic (exact) mass is 330 g/mol. The zero-order valence-corrected chi connectivity index (χ0v) is 13.4. The Kier molecular flexibility index (Phi) is 3.54. The van der Waals surface area contributed by atoms with E-state index in [0.29, 0.717) is 16.5 Å². The Balaban J connectivity index is 1.97. The van der Waals surface area contributed by atoms with Crippen LogP contribution in [0.3, 0.4) is 0 Å². The standard InChI is InChI=1S/C20H14N2O3/c1-25-20(24)18-13-7-3-5-9-17(13)22-11-15(18)19(23)14-10-21-16-8-4-2-6-12(14)16/h2-11,21H,1H3. The summed E-state index contributed by atoms with van der Waals surface area (Å²) in [4.78, 5) is 32.9. The van der Waals surface area contributed by atoms with E-state index in [1.807, 2.05) is 30.3 Å². The summed E-state index contributed by atoms with van der Waals surface area (Å²) in [6.07, 6.45) is 3.10. The van der Waals surface area contributed by atoms with Crippen molar-refractivity contribution in [2.24, 2.45) is 0 Å². The number of H-pyrrole nitrogens is 1. The second-order valence-corrected chi connectivity index (χ2v) is 5.63. The first-order valence-electron chi connectivity index (χ1n) is 7.77. The second-order valence-electron chi connectivity index (χ2n) is 5.63. The van der Waals surface area contributed by atoms with Crippen molar-refractivity contribution in [2.45, 2.75) is 0 Å². The van der Waals surface area contributed by atoms with Gasteiger partial charge in [-0.3, -0.25) is 9.78 Å². The third-order valence-electron chi connectivity index (χ3n) is 4.24. The van der Waals surface area contributed by atoms with E-state index in [4.69, 9.17) is 4.74 Å². The van der Waals surface area contributed by atoms with Gasteiger partial charge in [-0.05, 0) is 12.1 Å². The van der Waals surface area contributed by atoms with Crippen molar-refractivity contribution in [2.75, 3.05) is 7.11 Å². The van der Waals surface area contributed by atoms with E-state index in [1.165, 1.54) is 13.3 Å². The van der Waals surface area contributed by atoms with Crippen LogP contribution in [0.4, 0.5) is 0 Å². The SMILES string of the molecule is COC(=O)c1c(C(=O)c2c[nH]c3ccccc23)cnc2ccccc12. The zero-order chi connectivity index (χ0) is 17.4. The van der Waals surface area contributed by atoms with Crippen molar-refractivity contribution in [1.29, 1.82) is 0 Å². The van der Waals surface area contributed by atoms with Gasteiger partial charge in [-0.25, -0.2) is 4.79 Å². The van der Waals surface area contributed by atoms with Crippen LogP contribution in [-0.4, -0.2) is 28.8 Å². The summed E-state index contributed by atoms with van der Waals surface area (Å²) in [6.45, 7) is 0. The number of para-hydroxylation sites is 2. The Morgan fingerprint density at radius 1 is 0.960 bits per heavy atom. The van der Waals surface area contributed by atoms with Crippen molar-refractivity contribution in [3.8, 4) is 0 Å². The number of hydrogen-bond acceptors (Lipinski definition) is 4. The molecule has 0 fully saturated rings. The average molecular weight is 330 g/mol. The maximum Gasteiger partial charge on any atom is 0.339 e. The van der Waals surface area contributed by atoms with E-state index < -0.39 is 5.97 Å². The van der Waals surface area contributed by atoms with Crippen molar-refractivity contribution >= 4 is 33.6 Å². The minimum Gasteiger partial charge on any atom is -0.465 e. The van der Waals surface area contributed by atoms with Gasteiger partial charge in [0.05, 0.1) is 23.8 Å². The van der Waals surface area contributed by atoms with E-state index in [2.05, 4.69) is 9.97 Å². The van der Waals surface area contributed by atoms with Gasteiger partial charge in [0.25, 0.3) is 0 Å². The molecule has 2 aromatic carbocycles. The number of ketones is 1. The van der Waals surface area contributed by atoms with Crippen LogP contribution in [0, 0.1) is 0 Å². The zero-order valence-electron chi connectivity index (χ0n) is 13.4. The fourth-order valence-electron chi connectivity index (χ4n) is 3.04. The van der Waals surface area contributed by atoms with Gasteiger partial charge in [0, 0.05) is 34.2 Å². The van der Waals surface area contributed by atoms with Crippen LogP contribution in [0.5, 0.6) is 0 Å². The number of carbonyl (C=O) groups is 2. The highest BCUT2D eigenvalue weighted by Gasteiger charge is 2.24. The molecule has 0 aliphatic rings. The van der Waals surface area contributed by atoms with Gasteiger partial charge < -0.3 is 9.72 Å². The van der Waals surface area contributed by atoms with Crippen LogP contribution in [0.25, 0.3) is 21.8 Å². The van der Waals surface area contributed by atoms with Crippen molar-refractivity contribution in [1.82, 2.24) is 9.97 Å². The summed E-state index contributed by atoms with van der Waals surface area (Å²) in [5.74, 6) is -0.821. The number of nitrogens with one attached hydrogen (secondary N) is 1. The number of carbonyl (C=O) groups excluding carboxylic acids is 2. The summed E-state index contributed by atoms with van der Waals surface area (Å²) in [7, 11) is 1.30. The van der Waals surface area contributed by atoms with E-state index in [-0.39, 0.29) is 16.9 Å². The van der Waals surface area contributed by atoms with Gasteiger partial charge in [-0.2, -0.15) is 0 Å². The molecule has 25 heavy (non-hydrogen) atoms. The highest BCUT2D eigenvalue weighted by molar-refractivity contribution is 6.22. The van der Waals surface area contributed by atoms with Crippen LogP contribution in [-0.2, 0) is 4.74 Å². The number of hydrogen-bond donors (Lipinski definition) is 1. The highest BCUT2D eigenvalue weighted by atomic mass is 16.5. The number of methoxy groups -OCH3 is 1. The Labute approximate surface area is 143 Å².